The molecule has 1 aromatic rings. The topological polar surface area (TPSA) is 80.7 Å². The Morgan fingerprint density at radius 1 is 1.23 bits per heavy atom. The molecule has 1 N–H and O–H groups in total. The molecule has 1 unspecified atom stereocenters. The molecule has 0 amide bonds. The summed E-state index contributed by atoms with van der Waals surface area (Å²) in [5.41, 5.74) is -1.47. The minimum atomic E-state index is -1.62. The highest BCUT2D eigenvalue weighted by Gasteiger charge is 2.16. The monoisotopic (exact) mass is 310 g/mol. The highest BCUT2D eigenvalue weighted by atomic mass is 16.5. The number of carboxylic acids is 1. The van der Waals surface area contributed by atoms with Gasteiger partial charge in [0.1, 0.15) is 5.78 Å². The second kappa shape index (κ2) is 8.97. The van der Waals surface area contributed by atoms with Crippen molar-refractivity contribution < 1.29 is 29.7 Å². The van der Waals surface area contributed by atoms with Crippen LogP contribution in [0.15, 0.2) is 24.2 Å². The highest BCUT2D eigenvalue weighted by Crippen LogP contribution is 2.14. The van der Waals surface area contributed by atoms with Gasteiger partial charge in [0.2, 0.25) is 0 Å². The van der Waals surface area contributed by atoms with E-state index in [2.05, 4.69) is 0 Å². The first-order valence-electron chi connectivity index (χ1n) is 9.08. The number of rotatable bonds is 9. The van der Waals surface area contributed by atoms with Crippen molar-refractivity contribution in [1.29, 1.82) is 0 Å². The van der Waals surface area contributed by atoms with E-state index in [1.54, 1.807) is 0 Å². The second-order valence-electron chi connectivity index (χ2n) is 5.18. The molecule has 5 nitrogen and oxygen atoms in total. The van der Waals surface area contributed by atoms with Crippen molar-refractivity contribution in [1.82, 2.24) is 0 Å². The lowest BCUT2D eigenvalue weighted by molar-refractivity contribution is -0.117. The van der Waals surface area contributed by atoms with Gasteiger partial charge in [-0.25, -0.2) is 9.59 Å². The fourth-order valence-electron chi connectivity index (χ4n) is 1.89. The zero-order chi connectivity index (χ0) is 20.0. The van der Waals surface area contributed by atoms with Gasteiger partial charge in [-0.15, -0.1) is 0 Å². The highest BCUT2D eigenvalue weighted by molar-refractivity contribution is 6.02. The second-order valence-corrected chi connectivity index (χ2v) is 5.18. The van der Waals surface area contributed by atoms with Gasteiger partial charge in [-0.2, -0.15) is 0 Å². The van der Waals surface area contributed by atoms with Crippen molar-refractivity contribution in [3.63, 3.8) is 0 Å². The summed E-state index contributed by atoms with van der Waals surface area (Å²) in [6.45, 7) is 3.49. The minimum absolute atomic E-state index is 0.00889. The van der Waals surface area contributed by atoms with Crippen LogP contribution in [0.1, 0.15) is 65.7 Å². The van der Waals surface area contributed by atoms with E-state index >= 15 is 0 Å². The molecule has 0 aliphatic rings. The molecule has 5 heteroatoms. The van der Waals surface area contributed by atoms with Crippen molar-refractivity contribution >= 4 is 17.7 Å². The number of aromatic carboxylic acids is 1. The average molecular weight is 310 g/mol. The molecule has 0 heterocycles. The molecule has 0 aliphatic carbocycles. The first-order valence-corrected chi connectivity index (χ1v) is 7.08. The zero-order valence-electron chi connectivity index (χ0n) is 16.7. The Morgan fingerprint density at radius 3 is 2.45 bits per heavy atom. The Bertz CT molecular complexity index is 718. The molecule has 120 valence electrons. The van der Waals surface area contributed by atoms with E-state index in [0.717, 1.165) is 6.42 Å². The molecule has 0 radical (unpaired) electrons. The van der Waals surface area contributed by atoms with Gasteiger partial charge in [0.05, 0.1) is 23.2 Å². The summed E-state index contributed by atoms with van der Waals surface area (Å²) >= 11 is 0. The van der Waals surface area contributed by atoms with Gasteiger partial charge in [0, 0.05) is 6.42 Å². The Kier molecular flexibility index (Phi) is 5.05. The molecule has 0 fully saturated rings. The lowest BCUT2D eigenvalue weighted by atomic mass is 9.99. The fourth-order valence-corrected chi connectivity index (χ4v) is 1.89. The number of carbonyl (C=O) groups is 3. The summed E-state index contributed by atoms with van der Waals surface area (Å²) in [4.78, 5) is 34.5. The number of ether oxygens (including phenoxy) is 1. The van der Waals surface area contributed by atoms with E-state index in [1.165, 1.54) is 6.92 Å². The number of carbonyl (C=O) groups excluding carboxylic acids is 2. The smallest absolute Gasteiger partial charge is 0.339 e. The lowest BCUT2D eigenvalue weighted by Gasteiger charge is -2.11. The van der Waals surface area contributed by atoms with Crippen LogP contribution in [0.5, 0.6) is 0 Å². The Morgan fingerprint density at radius 2 is 1.86 bits per heavy atom. The van der Waals surface area contributed by atoms with Crippen LogP contribution in [-0.2, 0) is 9.53 Å². The molecule has 0 aromatic heterocycles. The van der Waals surface area contributed by atoms with Gasteiger partial charge in [-0.3, -0.25) is 0 Å². The number of Topliss-reactive ketones (excluding diaryl/α,β-unsaturated/α-hetero) is 1. The van der Waals surface area contributed by atoms with E-state index in [0.29, 0.717) is 19.3 Å². The van der Waals surface area contributed by atoms with E-state index in [9.17, 15) is 19.5 Å². The van der Waals surface area contributed by atoms with Crippen LogP contribution >= 0.6 is 0 Å². The van der Waals surface area contributed by atoms with Crippen LogP contribution in [0.25, 0.3) is 0 Å². The molecular formula is C17H22O5. The predicted octanol–water partition coefficient (Wildman–Crippen LogP) is 3.33. The number of hydrogen-bond acceptors (Lipinski definition) is 4. The summed E-state index contributed by atoms with van der Waals surface area (Å²) in [7, 11) is 0. The van der Waals surface area contributed by atoms with Crippen LogP contribution in [0.2, 0.25) is 0 Å². The molecule has 0 spiro atoms. The first kappa shape index (κ1) is 12.4. The van der Waals surface area contributed by atoms with Crippen molar-refractivity contribution in [2.75, 3.05) is 6.61 Å². The maximum atomic E-state index is 12.2. The standard InChI is InChI=1S/C17H22O5/c1-12(9-10-13(2)18)6-5-11-22-17(21)15-8-4-3-7-14(15)16(19)20/h3-4,7-8,12H,5-6,9-11H2,1-2H3,(H,19,20)/i3D,4D,7D,8D. The Hall–Kier alpha value is -2.17. The van der Waals surface area contributed by atoms with Gasteiger partial charge in [0.15, 0.2) is 0 Å². The summed E-state index contributed by atoms with van der Waals surface area (Å²) in [5.74, 6) is -2.34. The Labute approximate surface area is 135 Å². The molecule has 1 rings (SSSR count). The predicted molar refractivity (Wildman–Crippen MR) is 82.0 cm³/mol. The fraction of sp³-hybridized carbons (Fsp3) is 0.471. The third kappa shape index (κ3) is 6.08. The van der Waals surface area contributed by atoms with E-state index in [-0.39, 0.29) is 18.3 Å². The molecule has 22 heavy (non-hydrogen) atoms. The third-order valence-electron chi connectivity index (χ3n) is 3.17. The van der Waals surface area contributed by atoms with Crippen molar-refractivity contribution in [2.45, 2.75) is 39.5 Å². The summed E-state index contributed by atoms with van der Waals surface area (Å²) in [6.07, 6.45) is 2.43. The molecule has 0 saturated heterocycles. The maximum absolute atomic E-state index is 12.2. The van der Waals surface area contributed by atoms with Gasteiger partial charge in [-0.1, -0.05) is 19.0 Å². The summed E-state index contributed by atoms with van der Waals surface area (Å²) in [6, 6.07) is -2.93. The first-order chi connectivity index (χ1) is 12.1. The number of ketones is 1. The molecule has 1 aromatic carbocycles. The number of benzene rings is 1. The molecule has 0 bridgehead atoms. The van der Waals surface area contributed by atoms with E-state index < -0.39 is 47.2 Å². The normalized spacial score (nSPS) is 14.3. The number of hydrogen-bond donors (Lipinski definition) is 1. The average Bonchev–Trinajstić information content (AvgIpc) is 2.57. The third-order valence-corrected chi connectivity index (χ3v) is 3.17. The SMILES string of the molecule is [2H]c1c([2H])c([2H])c(C(=O)OCCCC(C)CCC(C)=O)c(C(=O)O)c1[2H]. The van der Waals surface area contributed by atoms with Gasteiger partial charge in [0.25, 0.3) is 0 Å². The maximum Gasteiger partial charge on any atom is 0.339 e. The van der Waals surface area contributed by atoms with Crippen LogP contribution in [-0.4, -0.2) is 29.4 Å². The van der Waals surface area contributed by atoms with Gasteiger partial charge >= 0.3 is 11.9 Å². The lowest BCUT2D eigenvalue weighted by Crippen LogP contribution is -2.12. The minimum Gasteiger partial charge on any atom is -0.478 e. The van der Waals surface area contributed by atoms with Gasteiger partial charge < -0.3 is 14.6 Å². The van der Waals surface area contributed by atoms with Crippen molar-refractivity contribution in [3.05, 3.63) is 35.3 Å². The number of carboxylic acid groups (broad SMARTS) is 1. The van der Waals surface area contributed by atoms with E-state index in [1.807, 2.05) is 6.92 Å². The van der Waals surface area contributed by atoms with E-state index in [4.69, 9.17) is 10.2 Å². The number of esters is 1. The van der Waals surface area contributed by atoms with Crippen LogP contribution < -0.4 is 0 Å². The van der Waals surface area contributed by atoms with Crippen LogP contribution in [0.3, 0.4) is 0 Å². The van der Waals surface area contributed by atoms with Crippen LogP contribution in [0.4, 0.5) is 0 Å². The van der Waals surface area contributed by atoms with Crippen molar-refractivity contribution in [2.24, 2.45) is 5.92 Å². The largest absolute Gasteiger partial charge is 0.478 e. The van der Waals surface area contributed by atoms with Crippen molar-refractivity contribution in [3.8, 4) is 0 Å². The summed E-state index contributed by atoms with van der Waals surface area (Å²) < 4.78 is 35.5. The Balaban J connectivity index is 2.79. The summed E-state index contributed by atoms with van der Waals surface area (Å²) in [5, 5.41) is 9.20. The van der Waals surface area contributed by atoms with Crippen LogP contribution in [0, 0.1) is 5.92 Å². The molecule has 0 saturated carbocycles. The molecule has 1 atom stereocenters. The zero-order valence-corrected chi connectivity index (χ0v) is 12.7. The molecule has 0 aliphatic heterocycles. The molecular weight excluding hydrogens is 284 g/mol. The quantitative estimate of drug-likeness (QED) is 0.559. The van der Waals surface area contributed by atoms with Gasteiger partial charge in [-0.05, 0) is 44.2 Å².